The molecule has 0 unspecified atom stereocenters. The highest BCUT2D eigenvalue weighted by Crippen LogP contribution is 2.64. The molecule has 4 fully saturated rings. The van der Waals surface area contributed by atoms with Gasteiger partial charge in [0.1, 0.15) is 0 Å². The van der Waals surface area contributed by atoms with Crippen molar-refractivity contribution < 1.29 is 0 Å². The topological polar surface area (TPSA) is 0 Å². The number of benzene rings is 1. The molecule has 0 aliphatic heterocycles. The molecule has 0 nitrogen and oxygen atoms in total. The molecular weight excluding hydrogens is 268 g/mol. The van der Waals surface area contributed by atoms with E-state index < -0.39 is 0 Å². The maximum atomic E-state index is 4.60. The van der Waals surface area contributed by atoms with Crippen molar-refractivity contribution in [2.75, 3.05) is 0 Å². The second kappa shape index (κ2) is 5.12. The molecule has 0 N–H and O–H groups in total. The summed E-state index contributed by atoms with van der Waals surface area (Å²) in [5, 5.41) is 0. The van der Waals surface area contributed by atoms with Crippen LogP contribution in [0.1, 0.15) is 49.7 Å². The van der Waals surface area contributed by atoms with Gasteiger partial charge in [-0.25, -0.2) is 0 Å². The van der Waals surface area contributed by atoms with Crippen LogP contribution in [0.5, 0.6) is 0 Å². The number of aryl methyl sites for hydroxylation is 1. The lowest BCUT2D eigenvalue weighted by Gasteiger charge is -2.57. The van der Waals surface area contributed by atoms with Gasteiger partial charge in [-0.3, -0.25) is 0 Å². The summed E-state index contributed by atoms with van der Waals surface area (Å²) in [5.74, 6) is 3.03. The standard InChI is InChI=1S/C20H28Si/c1-14(19-4-2-15(3-5-19)6-7-21)20-11-16-8-17(12-20)10-18(9-16)13-20/h2-5,16-18H,1,6-13H2,21H3. The Kier molecular flexibility index (Phi) is 3.37. The lowest BCUT2D eigenvalue weighted by atomic mass is 9.47. The first-order chi connectivity index (χ1) is 10.2. The first-order valence-corrected chi connectivity index (χ1v) is 10.4. The van der Waals surface area contributed by atoms with Gasteiger partial charge in [-0.1, -0.05) is 36.9 Å². The van der Waals surface area contributed by atoms with E-state index in [0.717, 1.165) is 17.8 Å². The molecule has 21 heavy (non-hydrogen) atoms. The van der Waals surface area contributed by atoms with Crippen LogP contribution >= 0.6 is 0 Å². The first-order valence-electron chi connectivity index (χ1n) is 8.97. The van der Waals surface area contributed by atoms with Crippen LogP contribution in [0.4, 0.5) is 0 Å². The van der Waals surface area contributed by atoms with E-state index in [4.69, 9.17) is 0 Å². The largest absolute Gasteiger partial charge is 0.0947 e. The van der Waals surface area contributed by atoms with Crippen LogP contribution in [0.2, 0.25) is 6.04 Å². The maximum Gasteiger partial charge on any atom is 0.00321 e. The second-order valence-electron chi connectivity index (χ2n) is 8.12. The Balaban J connectivity index is 1.59. The summed E-state index contributed by atoms with van der Waals surface area (Å²) < 4.78 is 0. The van der Waals surface area contributed by atoms with Gasteiger partial charge in [0.25, 0.3) is 0 Å². The lowest BCUT2D eigenvalue weighted by Crippen LogP contribution is -2.46. The number of hydrogen-bond donors (Lipinski definition) is 0. The zero-order chi connectivity index (χ0) is 14.4. The van der Waals surface area contributed by atoms with E-state index in [0.29, 0.717) is 5.41 Å². The Morgan fingerprint density at radius 2 is 1.52 bits per heavy atom. The van der Waals surface area contributed by atoms with E-state index in [1.807, 2.05) is 0 Å². The third-order valence-electron chi connectivity index (χ3n) is 6.52. The summed E-state index contributed by atoms with van der Waals surface area (Å²) in [7, 11) is 1.31. The summed E-state index contributed by atoms with van der Waals surface area (Å²) in [5.41, 5.74) is 4.87. The molecule has 5 rings (SSSR count). The molecule has 4 aliphatic carbocycles. The zero-order valence-corrected chi connectivity index (χ0v) is 15.4. The van der Waals surface area contributed by atoms with Crippen molar-refractivity contribution >= 4 is 15.8 Å². The SMILES string of the molecule is C=C(c1ccc(CC[SiH3])cc1)C12CC3CC(CC(C3)C1)C2. The van der Waals surface area contributed by atoms with Crippen molar-refractivity contribution in [3.63, 3.8) is 0 Å². The van der Waals surface area contributed by atoms with Gasteiger partial charge in [0.05, 0.1) is 0 Å². The Morgan fingerprint density at radius 3 is 2.00 bits per heavy atom. The van der Waals surface area contributed by atoms with Crippen LogP contribution in [-0.4, -0.2) is 10.2 Å². The summed E-state index contributed by atoms with van der Waals surface area (Å²) in [4.78, 5) is 0. The van der Waals surface area contributed by atoms with E-state index in [1.165, 1.54) is 77.9 Å². The smallest absolute Gasteiger partial charge is 0.00321 e. The highest BCUT2D eigenvalue weighted by molar-refractivity contribution is 6.08. The molecule has 0 heterocycles. The number of allylic oxidation sites excluding steroid dienone is 1. The maximum absolute atomic E-state index is 4.60. The van der Waals surface area contributed by atoms with Gasteiger partial charge >= 0.3 is 0 Å². The monoisotopic (exact) mass is 296 g/mol. The van der Waals surface area contributed by atoms with Crippen LogP contribution in [0.3, 0.4) is 0 Å². The number of rotatable bonds is 4. The molecule has 0 amide bonds. The fourth-order valence-electron chi connectivity index (χ4n) is 5.95. The Bertz CT molecular complexity index is 504. The summed E-state index contributed by atoms with van der Waals surface area (Å²) in [6.07, 6.45) is 10.1. The molecule has 4 saturated carbocycles. The Labute approximate surface area is 132 Å². The zero-order valence-electron chi connectivity index (χ0n) is 13.4. The molecule has 0 radical (unpaired) electrons. The van der Waals surface area contributed by atoms with Gasteiger partial charge in [-0.05, 0) is 84.8 Å². The predicted molar refractivity (Wildman–Crippen MR) is 94.5 cm³/mol. The van der Waals surface area contributed by atoms with Crippen molar-refractivity contribution in [1.82, 2.24) is 0 Å². The summed E-state index contributed by atoms with van der Waals surface area (Å²) in [6, 6.07) is 10.8. The molecule has 0 atom stereocenters. The number of hydrogen-bond acceptors (Lipinski definition) is 0. The van der Waals surface area contributed by atoms with E-state index in [1.54, 1.807) is 0 Å². The molecule has 0 aromatic heterocycles. The quantitative estimate of drug-likeness (QED) is 0.729. The normalized spacial score (nSPS) is 37.0. The van der Waals surface area contributed by atoms with Gasteiger partial charge in [-0.2, -0.15) is 0 Å². The summed E-state index contributed by atoms with van der Waals surface area (Å²) in [6.45, 7) is 4.60. The van der Waals surface area contributed by atoms with Gasteiger partial charge in [0.15, 0.2) is 0 Å². The van der Waals surface area contributed by atoms with Crippen molar-refractivity contribution in [3.8, 4) is 0 Å². The molecule has 0 spiro atoms. The van der Waals surface area contributed by atoms with Crippen molar-refractivity contribution in [2.45, 2.75) is 51.0 Å². The van der Waals surface area contributed by atoms with Crippen LogP contribution in [0, 0.1) is 23.2 Å². The van der Waals surface area contributed by atoms with Gasteiger partial charge in [0, 0.05) is 10.2 Å². The van der Waals surface area contributed by atoms with Crippen molar-refractivity contribution in [2.24, 2.45) is 23.2 Å². The molecule has 112 valence electrons. The fraction of sp³-hybridized carbons (Fsp3) is 0.600. The average Bonchev–Trinajstić information content (AvgIpc) is 2.46. The highest BCUT2D eigenvalue weighted by atomic mass is 28.1. The molecule has 4 bridgehead atoms. The lowest BCUT2D eigenvalue weighted by molar-refractivity contribution is -0.0176. The molecule has 0 saturated heterocycles. The van der Waals surface area contributed by atoms with E-state index >= 15 is 0 Å². The van der Waals surface area contributed by atoms with E-state index in [-0.39, 0.29) is 0 Å². The minimum absolute atomic E-state index is 0.466. The molecular formula is C20H28Si. The predicted octanol–water partition coefficient (Wildman–Crippen LogP) is 4.24. The van der Waals surface area contributed by atoms with Crippen LogP contribution in [0.15, 0.2) is 30.8 Å². The highest BCUT2D eigenvalue weighted by Gasteiger charge is 2.52. The minimum Gasteiger partial charge on any atom is -0.0947 e. The Hall–Kier alpha value is -0.823. The van der Waals surface area contributed by atoms with Crippen molar-refractivity contribution in [1.29, 1.82) is 0 Å². The summed E-state index contributed by atoms with van der Waals surface area (Å²) >= 11 is 0. The third kappa shape index (κ3) is 2.34. The van der Waals surface area contributed by atoms with Crippen LogP contribution in [0.25, 0.3) is 5.57 Å². The average molecular weight is 297 g/mol. The first kappa shape index (κ1) is 13.8. The molecule has 4 aliphatic rings. The second-order valence-corrected chi connectivity index (χ2v) is 9.12. The van der Waals surface area contributed by atoms with Crippen molar-refractivity contribution in [3.05, 3.63) is 42.0 Å². The fourth-order valence-corrected chi connectivity index (χ4v) is 6.53. The van der Waals surface area contributed by atoms with Gasteiger partial charge in [0.2, 0.25) is 0 Å². The van der Waals surface area contributed by atoms with Gasteiger partial charge in [-0.15, -0.1) is 0 Å². The van der Waals surface area contributed by atoms with Gasteiger partial charge < -0.3 is 0 Å². The Morgan fingerprint density at radius 1 is 1.00 bits per heavy atom. The minimum atomic E-state index is 0.466. The molecule has 1 heteroatoms. The van der Waals surface area contributed by atoms with E-state index in [9.17, 15) is 0 Å². The molecule has 1 aromatic carbocycles. The van der Waals surface area contributed by atoms with Crippen LogP contribution < -0.4 is 0 Å². The van der Waals surface area contributed by atoms with E-state index in [2.05, 4.69) is 30.8 Å². The molecule has 1 aromatic rings. The third-order valence-corrected chi connectivity index (χ3v) is 7.02. The van der Waals surface area contributed by atoms with Crippen LogP contribution in [-0.2, 0) is 6.42 Å².